The molecule has 1 aliphatic carbocycles. The van der Waals surface area contributed by atoms with Gasteiger partial charge in [-0.05, 0) is 24.8 Å². The molecule has 0 aliphatic heterocycles. The van der Waals surface area contributed by atoms with E-state index >= 15 is 0 Å². The average Bonchev–Trinajstić information content (AvgIpc) is 3.17. The summed E-state index contributed by atoms with van der Waals surface area (Å²) in [6, 6.07) is 1.53. The number of nitrogens with zero attached hydrogens (tertiary/aromatic N) is 2. The molecule has 0 amide bonds. The van der Waals surface area contributed by atoms with Crippen molar-refractivity contribution in [1.82, 2.24) is 0 Å². The lowest BCUT2D eigenvalue weighted by molar-refractivity contribution is -0.384. The molecule has 0 radical (unpaired) electrons. The van der Waals surface area contributed by atoms with Gasteiger partial charge in [0.25, 0.3) is 5.69 Å². The summed E-state index contributed by atoms with van der Waals surface area (Å²) in [6.07, 6.45) is 1.91. The molecule has 0 spiro atoms. The molecule has 104 valence electrons. The van der Waals surface area contributed by atoms with E-state index in [1.165, 1.54) is 11.9 Å². The third kappa shape index (κ3) is 2.51. The van der Waals surface area contributed by atoms with E-state index < -0.39 is 22.2 Å². The summed E-state index contributed by atoms with van der Waals surface area (Å²) >= 11 is 0. The van der Waals surface area contributed by atoms with E-state index in [0.29, 0.717) is 0 Å². The van der Waals surface area contributed by atoms with Crippen LogP contribution in [-0.2, 0) is 0 Å². The van der Waals surface area contributed by atoms with Gasteiger partial charge in [0.1, 0.15) is 0 Å². The van der Waals surface area contributed by atoms with E-state index in [9.17, 15) is 18.9 Å². The highest BCUT2D eigenvalue weighted by Gasteiger charge is 2.36. The molecule has 2 N–H and O–H groups in total. The SMILES string of the molecule is CN(c1c([N+](=O)[O-])ccc(F)c1F)C(CN)C1CC1. The summed E-state index contributed by atoms with van der Waals surface area (Å²) in [5, 5.41) is 10.9. The Labute approximate surface area is 109 Å². The molecule has 5 nitrogen and oxygen atoms in total. The number of hydrogen-bond acceptors (Lipinski definition) is 4. The normalized spacial score (nSPS) is 16.2. The number of anilines is 1. The molecule has 0 heterocycles. The number of hydrogen-bond donors (Lipinski definition) is 1. The minimum absolute atomic E-state index is 0.213. The van der Waals surface area contributed by atoms with Crippen molar-refractivity contribution in [2.45, 2.75) is 18.9 Å². The Balaban J connectivity index is 2.46. The van der Waals surface area contributed by atoms with Crippen LogP contribution in [0.1, 0.15) is 12.8 Å². The van der Waals surface area contributed by atoms with Crippen molar-refractivity contribution in [2.75, 3.05) is 18.5 Å². The first-order valence-electron chi connectivity index (χ1n) is 6.02. The molecule has 1 aromatic carbocycles. The van der Waals surface area contributed by atoms with Crippen LogP contribution < -0.4 is 10.6 Å². The molecule has 0 saturated heterocycles. The van der Waals surface area contributed by atoms with Crippen LogP contribution in [0, 0.1) is 27.7 Å². The summed E-state index contributed by atoms with van der Waals surface area (Å²) in [7, 11) is 1.51. The predicted molar refractivity (Wildman–Crippen MR) is 67.0 cm³/mol. The highest BCUT2D eigenvalue weighted by molar-refractivity contribution is 5.64. The van der Waals surface area contributed by atoms with Gasteiger partial charge >= 0.3 is 0 Å². The molecule has 1 unspecified atom stereocenters. The molecule has 0 aromatic heterocycles. The first-order valence-corrected chi connectivity index (χ1v) is 6.02. The Morgan fingerprint density at radius 3 is 2.63 bits per heavy atom. The number of likely N-dealkylation sites (N-methyl/N-ethyl adjacent to an activating group) is 1. The second kappa shape index (κ2) is 5.08. The van der Waals surface area contributed by atoms with Crippen LogP contribution in [0.2, 0.25) is 0 Å². The lowest BCUT2D eigenvalue weighted by atomic mass is 10.1. The van der Waals surface area contributed by atoms with Crippen LogP contribution in [-0.4, -0.2) is 24.6 Å². The molecule has 1 atom stereocenters. The van der Waals surface area contributed by atoms with Crippen molar-refractivity contribution < 1.29 is 13.7 Å². The van der Waals surface area contributed by atoms with E-state index in [4.69, 9.17) is 5.73 Å². The summed E-state index contributed by atoms with van der Waals surface area (Å²) in [4.78, 5) is 11.6. The van der Waals surface area contributed by atoms with Crippen LogP contribution in [0.3, 0.4) is 0 Å². The Bertz CT molecular complexity index is 506. The molecule has 19 heavy (non-hydrogen) atoms. The van der Waals surface area contributed by atoms with Gasteiger partial charge in [-0.1, -0.05) is 0 Å². The van der Waals surface area contributed by atoms with Gasteiger partial charge in [-0.25, -0.2) is 8.78 Å². The second-order valence-corrected chi connectivity index (χ2v) is 4.74. The average molecular weight is 271 g/mol. The van der Waals surface area contributed by atoms with Crippen LogP contribution in [0.15, 0.2) is 12.1 Å². The second-order valence-electron chi connectivity index (χ2n) is 4.74. The van der Waals surface area contributed by atoms with Crippen LogP contribution in [0.25, 0.3) is 0 Å². The third-order valence-electron chi connectivity index (χ3n) is 3.50. The number of nitrogens with two attached hydrogens (primary N) is 1. The zero-order chi connectivity index (χ0) is 14.2. The maximum absolute atomic E-state index is 13.9. The van der Waals surface area contributed by atoms with E-state index in [-0.39, 0.29) is 24.2 Å². The fourth-order valence-corrected chi connectivity index (χ4v) is 2.33. The van der Waals surface area contributed by atoms with Gasteiger partial charge in [-0.3, -0.25) is 10.1 Å². The van der Waals surface area contributed by atoms with Crippen molar-refractivity contribution in [3.63, 3.8) is 0 Å². The number of halogens is 2. The lowest BCUT2D eigenvalue weighted by Crippen LogP contribution is -2.40. The number of rotatable bonds is 5. The Morgan fingerprint density at radius 2 is 2.16 bits per heavy atom. The molecule has 1 fully saturated rings. The quantitative estimate of drug-likeness (QED) is 0.657. The van der Waals surface area contributed by atoms with Gasteiger partial charge in [0.15, 0.2) is 17.3 Å². The van der Waals surface area contributed by atoms with Crippen LogP contribution in [0.4, 0.5) is 20.2 Å². The van der Waals surface area contributed by atoms with Crippen molar-refractivity contribution in [1.29, 1.82) is 0 Å². The van der Waals surface area contributed by atoms with Crippen molar-refractivity contribution in [3.05, 3.63) is 33.9 Å². The first kappa shape index (κ1) is 13.7. The van der Waals surface area contributed by atoms with E-state index in [1.54, 1.807) is 0 Å². The topological polar surface area (TPSA) is 72.4 Å². The smallest absolute Gasteiger partial charge is 0.295 e. The zero-order valence-electron chi connectivity index (χ0n) is 10.5. The highest BCUT2D eigenvalue weighted by atomic mass is 19.2. The fraction of sp³-hybridized carbons (Fsp3) is 0.500. The highest BCUT2D eigenvalue weighted by Crippen LogP contribution is 2.39. The molecule has 0 bridgehead atoms. The van der Waals surface area contributed by atoms with E-state index in [2.05, 4.69) is 0 Å². The van der Waals surface area contributed by atoms with Gasteiger partial charge < -0.3 is 10.6 Å². The maximum Gasteiger partial charge on any atom is 0.295 e. The number of benzene rings is 1. The number of nitro benzene ring substituents is 1. The summed E-state index contributed by atoms with van der Waals surface area (Å²) < 4.78 is 27.2. The van der Waals surface area contributed by atoms with Crippen LogP contribution >= 0.6 is 0 Å². The fourth-order valence-electron chi connectivity index (χ4n) is 2.33. The van der Waals surface area contributed by atoms with Gasteiger partial charge in [-0.15, -0.1) is 0 Å². The van der Waals surface area contributed by atoms with Gasteiger partial charge in [0.2, 0.25) is 0 Å². The van der Waals surface area contributed by atoms with E-state index in [0.717, 1.165) is 25.0 Å². The molecule has 7 heteroatoms. The maximum atomic E-state index is 13.9. The minimum Gasteiger partial charge on any atom is -0.362 e. The molecule has 2 rings (SSSR count). The Kier molecular flexibility index (Phi) is 3.66. The first-order chi connectivity index (χ1) is 8.97. The van der Waals surface area contributed by atoms with E-state index in [1.807, 2.05) is 0 Å². The monoisotopic (exact) mass is 271 g/mol. The van der Waals surface area contributed by atoms with Gasteiger partial charge in [0.05, 0.1) is 4.92 Å². The summed E-state index contributed by atoms with van der Waals surface area (Å²) in [5.74, 6) is -2.01. The zero-order valence-corrected chi connectivity index (χ0v) is 10.5. The third-order valence-corrected chi connectivity index (χ3v) is 3.50. The molecule has 1 aliphatic rings. The largest absolute Gasteiger partial charge is 0.362 e. The Morgan fingerprint density at radius 1 is 1.53 bits per heavy atom. The number of nitro groups is 1. The van der Waals surface area contributed by atoms with Gasteiger partial charge in [0, 0.05) is 25.7 Å². The summed E-state index contributed by atoms with van der Waals surface area (Å²) in [5.41, 5.74) is 4.87. The van der Waals surface area contributed by atoms with Crippen molar-refractivity contribution in [2.24, 2.45) is 11.7 Å². The molecule has 1 aromatic rings. The standard InChI is InChI=1S/C12H15F2N3O2/c1-16(10(6-15)7-2-3-7)12-9(17(18)19)5-4-8(13)11(12)14/h4-5,7,10H,2-3,6,15H2,1H3. The lowest BCUT2D eigenvalue weighted by Gasteiger charge is -2.29. The van der Waals surface area contributed by atoms with Crippen LogP contribution in [0.5, 0.6) is 0 Å². The molecule has 1 saturated carbocycles. The van der Waals surface area contributed by atoms with Crippen molar-refractivity contribution >= 4 is 11.4 Å². The van der Waals surface area contributed by atoms with Crippen molar-refractivity contribution in [3.8, 4) is 0 Å². The molecular formula is C12H15F2N3O2. The minimum atomic E-state index is -1.20. The predicted octanol–water partition coefficient (Wildman–Crippen LogP) is 2.05. The van der Waals surface area contributed by atoms with Gasteiger partial charge in [-0.2, -0.15) is 0 Å². The molecular weight excluding hydrogens is 256 g/mol. The summed E-state index contributed by atoms with van der Waals surface area (Å²) in [6.45, 7) is 0.244. The Hall–Kier alpha value is -1.76.